The molecule has 0 bridgehead atoms. The Morgan fingerprint density at radius 1 is 1.24 bits per heavy atom. The monoisotopic (exact) mass is 426 g/mol. The fourth-order valence-corrected chi connectivity index (χ4v) is 3.74. The minimum Gasteiger partial charge on any atom is -0.483 e. The van der Waals surface area contributed by atoms with Gasteiger partial charge in [-0.25, -0.2) is 0 Å². The summed E-state index contributed by atoms with van der Waals surface area (Å²) in [5.74, 6) is -1.67. The van der Waals surface area contributed by atoms with Crippen LogP contribution in [0, 0.1) is 12.8 Å². The average molecular weight is 427 g/mol. The summed E-state index contributed by atoms with van der Waals surface area (Å²) in [5.41, 5.74) is 2.57. The highest BCUT2D eigenvalue weighted by Crippen LogP contribution is 2.42. The highest BCUT2D eigenvalue weighted by Gasteiger charge is 2.31. The van der Waals surface area contributed by atoms with Gasteiger partial charge >= 0.3 is 12.1 Å². The highest BCUT2D eigenvalue weighted by atomic mass is 35.5. The van der Waals surface area contributed by atoms with E-state index < -0.39 is 24.7 Å². The number of halogens is 4. The summed E-state index contributed by atoms with van der Waals surface area (Å²) >= 11 is 6.37. The van der Waals surface area contributed by atoms with Gasteiger partial charge in [-0.1, -0.05) is 60.7 Å². The molecule has 0 spiro atoms. The van der Waals surface area contributed by atoms with Crippen molar-refractivity contribution in [3.63, 3.8) is 0 Å². The first-order valence-electron chi connectivity index (χ1n) is 9.47. The summed E-state index contributed by atoms with van der Waals surface area (Å²) in [5, 5.41) is 9.80. The Balaban J connectivity index is 2.04. The zero-order valence-electron chi connectivity index (χ0n) is 15.9. The van der Waals surface area contributed by atoms with Crippen LogP contribution < -0.4 is 4.74 Å². The van der Waals surface area contributed by atoms with E-state index in [1.54, 1.807) is 18.2 Å². The Bertz CT molecular complexity index is 874. The van der Waals surface area contributed by atoms with Crippen LogP contribution in [0.25, 0.3) is 11.1 Å². The molecular formula is C22H22ClF3O3. The first-order chi connectivity index (χ1) is 13.6. The molecule has 1 aliphatic rings. The van der Waals surface area contributed by atoms with Crippen molar-refractivity contribution >= 4 is 17.6 Å². The Labute approximate surface area is 172 Å². The van der Waals surface area contributed by atoms with Gasteiger partial charge in [-0.15, -0.1) is 0 Å². The maximum atomic E-state index is 12.7. The van der Waals surface area contributed by atoms with E-state index in [0.29, 0.717) is 29.0 Å². The van der Waals surface area contributed by atoms with Gasteiger partial charge in [0.25, 0.3) is 0 Å². The lowest BCUT2D eigenvalue weighted by molar-refractivity contribution is -0.153. The topological polar surface area (TPSA) is 46.5 Å². The number of alkyl halides is 3. The Kier molecular flexibility index (Phi) is 6.42. The van der Waals surface area contributed by atoms with Gasteiger partial charge in [-0.2, -0.15) is 13.2 Å². The van der Waals surface area contributed by atoms with Crippen molar-refractivity contribution in [1.29, 1.82) is 0 Å². The van der Waals surface area contributed by atoms with Gasteiger partial charge in [0.2, 0.25) is 0 Å². The molecule has 1 unspecified atom stereocenters. The van der Waals surface area contributed by atoms with Crippen LogP contribution in [0.4, 0.5) is 13.2 Å². The first-order valence-corrected chi connectivity index (χ1v) is 9.84. The molecule has 0 aromatic heterocycles. The lowest BCUT2D eigenvalue weighted by Gasteiger charge is -2.28. The second kappa shape index (κ2) is 8.66. The van der Waals surface area contributed by atoms with Crippen LogP contribution in [-0.2, 0) is 4.79 Å². The predicted molar refractivity (Wildman–Crippen MR) is 106 cm³/mol. The molecule has 2 aromatic rings. The van der Waals surface area contributed by atoms with E-state index in [4.69, 9.17) is 16.3 Å². The summed E-state index contributed by atoms with van der Waals surface area (Å²) in [6, 6.07) is 10.3. The van der Waals surface area contributed by atoms with E-state index in [2.05, 4.69) is 0 Å². The normalized spacial score (nSPS) is 15.6. The molecule has 3 rings (SSSR count). The standard InChI is InChI=1S/C22H22ClF3O3/c1-13-5-7-15(8-6-13)17-10-16(18(21(27)28)9-14-3-2-4-14)11-19(20(17)23)29-12-22(24,25)26/h5-8,10-11,14,18H,2-4,9,12H2,1H3,(H,27,28). The number of benzene rings is 2. The predicted octanol–water partition coefficient (Wildman–Crippen LogP) is 6.61. The summed E-state index contributed by atoms with van der Waals surface area (Å²) in [7, 11) is 0. The van der Waals surface area contributed by atoms with E-state index in [-0.39, 0.29) is 10.8 Å². The van der Waals surface area contributed by atoms with Gasteiger partial charge in [0.05, 0.1) is 10.9 Å². The van der Waals surface area contributed by atoms with E-state index >= 15 is 0 Å². The van der Waals surface area contributed by atoms with Crippen LogP contribution in [0.2, 0.25) is 5.02 Å². The van der Waals surface area contributed by atoms with Gasteiger partial charge in [-0.3, -0.25) is 4.79 Å². The molecule has 7 heteroatoms. The van der Waals surface area contributed by atoms with E-state index in [1.165, 1.54) is 6.07 Å². The van der Waals surface area contributed by atoms with Crippen molar-refractivity contribution in [2.45, 2.75) is 44.7 Å². The number of carbonyl (C=O) groups is 1. The third kappa shape index (κ3) is 5.44. The quantitative estimate of drug-likeness (QED) is 0.541. The number of carboxylic acids is 1. The SMILES string of the molecule is Cc1ccc(-c2cc(C(CC3CCC3)C(=O)O)cc(OCC(F)(F)F)c2Cl)cc1. The molecule has 0 aliphatic heterocycles. The number of ether oxygens (including phenoxy) is 1. The van der Waals surface area contributed by atoms with Crippen molar-refractivity contribution in [2.24, 2.45) is 5.92 Å². The van der Waals surface area contributed by atoms with Crippen LogP contribution in [0.5, 0.6) is 5.75 Å². The first kappa shape index (κ1) is 21.5. The van der Waals surface area contributed by atoms with Crippen LogP contribution in [0.15, 0.2) is 36.4 Å². The number of aryl methyl sites for hydroxylation is 1. The molecule has 2 aromatic carbocycles. The number of hydrogen-bond acceptors (Lipinski definition) is 2. The molecule has 29 heavy (non-hydrogen) atoms. The number of carboxylic acid groups (broad SMARTS) is 1. The maximum Gasteiger partial charge on any atom is 0.422 e. The second-order valence-electron chi connectivity index (χ2n) is 7.57. The zero-order chi connectivity index (χ0) is 21.2. The second-order valence-corrected chi connectivity index (χ2v) is 7.95. The molecule has 1 fully saturated rings. The Morgan fingerprint density at radius 2 is 1.90 bits per heavy atom. The third-order valence-electron chi connectivity index (χ3n) is 5.31. The maximum absolute atomic E-state index is 12.7. The minimum absolute atomic E-state index is 0.0367. The van der Waals surface area contributed by atoms with Gasteiger partial charge in [-0.05, 0) is 42.5 Å². The fourth-order valence-electron chi connectivity index (χ4n) is 3.47. The number of aliphatic carboxylic acids is 1. The molecule has 0 radical (unpaired) electrons. The lowest BCUT2D eigenvalue weighted by atomic mass is 9.77. The van der Waals surface area contributed by atoms with E-state index in [9.17, 15) is 23.1 Å². The van der Waals surface area contributed by atoms with Crippen LogP contribution >= 0.6 is 11.6 Å². The molecule has 1 N–H and O–H groups in total. The molecule has 3 nitrogen and oxygen atoms in total. The van der Waals surface area contributed by atoms with E-state index in [0.717, 1.165) is 24.8 Å². The van der Waals surface area contributed by atoms with E-state index in [1.807, 2.05) is 19.1 Å². The van der Waals surface area contributed by atoms with Crippen molar-refractivity contribution in [2.75, 3.05) is 6.61 Å². The summed E-state index contributed by atoms with van der Waals surface area (Å²) in [4.78, 5) is 11.9. The molecule has 0 saturated heterocycles. The van der Waals surface area contributed by atoms with Gasteiger partial charge < -0.3 is 9.84 Å². The Hall–Kier alpha value is -2.21. The summed E-state index contributed by atoms with van der Waals surface area (Å²) in [6.07, 6.45) is -1.06. The van der Waals surface area contributed by atoms with Crippen LogP contribution in [-0.4, -0.2) is 23.9 Å². The molecule has 0 amide bonds. The molecule has 1 saturated carbocycles. The van der Waals surface area contributed by atoms with Crippen LogP contribution in [0.3, 0.4) is 0 Å². The number of hydrogen-bond donors (Lipinski definition) is 1. The molecular weight excluding hydrogens is 405 g/mol. The molecule has 1 atom stereocenters. The number of rotatable bonds is 7. The van der Waals surface area contributed by atoms with Crippen LogP contribution in [0.1, 0.15) is 42.7 Å². The third-order valence-corrected chi connectivity index (χ3v) is 5.70. The Morgan fingerprint density at radius 3 is 2.41 bits per heavy atom. The fraction of sp³-hybridized carbons (Fsp3) is 0.409. The largest absolute Gasteiger partial charge is 0.483 e. The minimum atomic E-state index is -4.53. The van der Waals surface area contributed by atoms with Crippen molar-refractivity contribution in [3.8, 4) is 16.9 Å². The van der Waals surface area contributed by atoms with Gasteiger partial charge in [0.15, 0.2) is 6.61 Å². The van der Waals surface area contributed by atoms with Crippen molar-refractivity contribution in [1.82, 2.24) is 0 Å². The highest BCUT2D eigenvalue weighted by molar-refractivity contribution is 6.34. The zero-order valence-corrected chi connectivity index (χ0v) is 16.7. The average Bonchev–Trinajstić information content (AvgIpc) is 2.60. The molecule has 156 valence electrons. The molecule has 0 heterocycles. The summed E-state index contributed by atoms with van der Waals surface area (Å²) in [6.45, 7) is 0.419. The van der Waals surface area contributed by atoms with Gasteiger partial charge in [0, 0.05) is 5.56 Å². The van der Waals surface area contributed by atoms with Gasteiger partial charge in [0.1, 0.15) is 5.75 Å². The molecule has 1 aliphatic carbocycles. The van der Waals surface area contributed by atoms with Crippen molar-refractivity contribution < 1.29 is 27.8 Å². The smallest absolute Gasteiger partial charge is 0.422 e. The van der Waals surface area contributed by atoms with Crippen molar-refractivity contribution in [3.05, 3.63) is 52.5 Å². The summed E-state index contributed by atoms with van der Waals surface area (Å²) < 4.78 is 43.0. The lowest BCUT2D eigenvalue weighted by Crippen LogP contribution is -2.21.